The normalized spacial score (nSPS) is 23.9. The lowest BCUT2D eigenvalue weighted by molar-refractivity contribution is 0.414. The molecule has 0 heterocycles. The Morgan fingerprint density at radius 1 is 1.29 bits per heavy atom. The van der Waals surface area contributed by atoms with Crippen LogP contribution in [0.1, 0.15) is 24.8 Å². The Morgan fingerprint density at radius 3 is 2.65 bits per heavy atom. The number of hydrogen-bond donors (Lipinski definition) is 2. The number of nitrogens with one attached hydrogen (secondary N) is 1. The molecule has 3 N–H and O–H groups in total. The monoisotopic (exact) mass is 234 g/mol. The third-order valence-electron chi connectivity index (χ3n) is 3.55. The van der Waals surface area contributed by atoms with Crippen LogP contribution in [0.5, 0.6) is 5.75 Å². The van der Waals surface area contributed by atoms with Gasteiger partial charge in [-0.3, -0.25) is 0 Å². The summed E-state index contributed by atoms with van der Waals surface area (Å²) in [4.78, 5) is 0. The summed E-state index contributed by atoms with van der Waals surface area (Å²) in [7, 11) is 1.69. The lowest BCUT2D eigenvalue weighted by Crippen LogP contribution is -2.41. The van der Waals surface area contributed by atoms with E-state index in [-0.39, 0.29) is 0 Å². The first-order valence-corrected chi connectivity index (χ1v) is 6.41. The van der Waals surface area contributed by atoms with Gasteiger partial charge < -0.3 is 15.8 Å². The molecule has 1 aromatic carbocycles. The Labute approximate surface area is 103 Å². The molecular formula is C14H22N2O. The molecule has 0 amide bonds. The second-order valence-corrected chi connectivity index (χ2v) is 4.75. The third kappa shape index (κ3) is 3.45. The maximum atomic E-state index is 6.02. The number of benzene rings is 1. The Hall–Kier alpha value is -1.06. The lowest BCUT2D eigenvalue weighted by Gasteiger charge is -2.17. The van der Waals surface area contributed by atoms with Crippen LogP contribution in [0, 0.1) is 0 Å². The largest absolute Gasteiger partial charge is 0.497 e. The summed E-state index contributed by atoms with van der Waals surface area (Å²) < 4.78 is 5.14. The molecule has 0 unspecified atom stereocenters. The molecule has 0 bridgehead atoms. The summed E-state index contributed by atoms with van der Waals surface area (Å²) in [6, 6.07) is 9.14. The lowest BCUT2D eigenvalue weighted by atomic mass is 10.1. The highest BCUT2D eigenvalue weighted by atomic mass is 16.5. The van der Waals surface area contributed by atoms with Gasteiger partial charge in [-0.05, 0) is 43.5 Å². The van der Waals surface area contributed by atoms with Crippen molar-refractivity contribution in [1.29, 1.82) is 0 Å². The highest BCUT2D eigenvalue weighted by Gasteiger charge is 2.22. The molecule has 0 saturated heterocycles. The van der Waals surface area contributed by atoms with Crippen LogP contribution in [0.25, 0.3) is 0 Å². The van der Waals surface area contributed by atoms with E-state index >= 15 is 0 Å². The van der Waals surface area contributed by atoms with Crippen LogP contribution in [0.15, 0.2) is 24.3 Å². The predicted molar refractivity (Wildman–Crippen MR) is 70.3 cm³/mol. The van der Waals surface area contributed by atoms with Gasteiger partial charge in [0.1, 0.15) is 5.75 Å². The van der Waals surface area contributed by atoms with E-state index in [0.29, 0.717) is 12.1 Å². The molecule has 2 atom stereocenters. The van der Waals surface area contributed by atoms with Crippen LogP contribution < -0.4 is 15.8 Å². The summed E-state index contributed by atoms with van der Waals surface area (Å²) >= 11 is 0. The molecule has 0 radical (unpaired) electrons. The summed E-state index contributed by atoms with van der Waals surface area (Å²) in [6.45, 7) is 1.00. The van der Waals surface area contributed by atoms with Crippen LogP contribution in [0.4, 0.5) is 0 Å². The zero-order valence-electron chi connectivity index (χ0n) is 10.5. The van der Waals surface area contributed by atoms with Crippen molar-refractivity contribution >= 4 is 0 Å². The number of ether oxygens (including phenoxy) is 1. The molecule has 1 fully saturated rings. The van der Waals surface area contributed by atoms with Gasteiger partial charge in [-0.1, -0.05) is 18.6 Å². The zero-order chi connectivity index (χ0) is 12.1. The summed E-state index contributed by atoms with van der Waals surface area (Å²) in [5.41, 5.74) is 7.36. The summed E-state index contributed by atoms with van der Waals surface area (Å²) in [5.74, 6) is 0.916. The van der Waals surface area contributed by atoms with Gasteiger partial charge in [0.05, 0.1) is 7.11 Å². The van der Waals surface area contributed by atoms with Crippen LogP contribution in [-0.4, -0.2) is 25.7 Å². The van der Waals surface area contributed by atoms with Crippen LogP contribution in [0.2, 0.25) is 0 Å². The second kappa shape index (κ2) is 6.03. The molecule has 1 aromatic rings. The van der Waals surface area contributed by atoms with Crippen molar-refractivity contribution in [1.82, 2.24) is 5.32 Å². The van der Waals surface area contributed by atoms with E-state index in [1.165, 1.54) is 24.8 Å². The van der Waals surface area contributed by atoms with Gasteiger partial charge in [-0.2, -0.15) is 0 Å². The Morgan fingerprint density at radius 2 is 2.06 bits per heavy atom. The fraction of sp³-hybridized carbons (Fsp3) is 0.571. The summed E-state index contributed by atoms with van der Waals surface area (Å²) in [5, 5.41) is 3.55. The van der Waals surface area contributed by atoms with E-state index in [0.717, 1.165) is 18.7 Å². The standard InChI is InChI=1S/C14H22N2O/c1-17-12-7-5-11(6-8-12)9-10-16-14-4-2-3-13(14)15/h5-8,13-14,16H,2-4,9-10,15H2,1H3/t13-,14+/m0/s1. The van der Waals surface area contributed by atoms with Gasteiger partial charge >= 0.3 is 0 Å². The van der Waals surface area contributed by atoms with Gasteiger partial charge in [0.15, 0.2) is 0 Å². The van der Waals surface area contributed by atoms with Crippen molar-refractivity contribution in [3.8, 4) is 5.75 Å². The van der Waals surface area contributed by atoms with Crippen molar-refractivity contribution in [2.45, 2.75) is 37.8 Å². The second-order valence-electron chi connectivity index (χ2n) is 4.75. The van der Waals surface area contributed by atoms with Crippen molar-refractivity contribution in [3.63, 3.8) is 0 Å². The first kappa shape index (κ1) is 12.4. The van der Waals surface area contributed by atoms with E-state index in [9.17, 15) is 0 Å². The van der Waals surface area contributed by atoms with Crippen molar-refractivity contribution in [2.24, 2.45) is 5.73 Å². The molecule has 1 saturated carbocycles. The van der Waals surface area contributed by atoms with Crippen molar-refractivity contribution in [2.75, 3.05) is 13.7 Å². The van der Waals surface area contributed by atoms with Gasteiger partial charge in [-0.25, -0.2) is 0 Å². The summed E-state index contributed by atoms with van der Waals surface area (Å²) in [6.07, 6.45) is 4.71. The van der Waals surface area contributed by atoms with Gasteiger partial charge in [0.25, 0.3) is 0 Å². The van der Waals surface area contributed by atoms with Crippen LogP contribution >= 0.6 is 0 Å². The fourth-order valence-corrected chi connectivity index (χ4v) is 2.44. The molecule has 1 aliphatic carbocycles. The fourth-order valence-electron chi connectivity index (χ4n) is 2.44. The Bertz CT molecular complexity index is 337. The average Bonchev–Trinajstić information content (AvgIpc) is 2.76. The van der Waals surface area contributed by atoms with E-state index in [4.69, 9.17) is 10.5 Å². The SMILES string of the molecule is COc1ccc(CCN[C@@H]2CCC[C@@H]2N)cc1. The molecule has 3 nitrogen and oxygen atoms in total. The van der Waals surface area contributed by atoms with E-state index < -0.39 is 0 Å². The molecule has 0 spiro atoms. The topological polar surface area (TPSA) is 47.3 Å². The Balaban J connectivity index is 1.73. The van der Waals surface area contributed by atoms with Gasteiger partial charge in [0.2, 0.25) is 0 Å². The first-order chi connectivity index (χ1) is 8.29. The zero-order valence-corrected chi connectivity index (χ0v) is 10.5. The van der Waals surface area contributed by atoms with Gasteiger partial charge in [0, 0.05) is 12.1 Å². The number of nitrogens with two attached hydrogens (primary N) is 1. The van der Waals surface area contributed by atoms with E-state index in [2.05, 4.69) is 17.4 Å². The van der Waals surface area contributed by atoms with Crippen molar-refractivity contribution < 1.29 is 4.74 Å². The minimum atomic E-state index is 0.353. The molecule has 17 heavy (non-hydrogen) atoms. The molecule has 3 heteroatoms. The third-order valence-corrected chi connectivity index (χ3v) is 3.55. The maximum absolute atomic E-state index is 6.02. The molecule has 1 aliphatic rings. The van der Waals surface area contributed by atoms with Gasteiger partial charge in [-0.15, -0.1) is 0 Å². The average molecular weight is 234 g/mol. The maximum Gasteiger partial charge on any atom is 0.118 e. The number of hydrogen-bond acceptors (Lipinski definition) is 3. The molecule has 2 rings (SSSR count). The van der Waals surface area contributed by atoms with E-state index in [1.807, 2.05) is 12.1 Å². The quantitative estimate of drug-likeness (QED) is 0.815. The van der Waals surface area contributed by atoms with Crippen LogP contribution in [0.3, 0.4) is 0 Å². The molecular weight excluding hydrogens is 212 g/mol. The van der Waals surface area contributed by atoms with Crippen LogP contribution in [-0.2, 0) is 6.42 Å². The predicted octanol–water partition coefficient (Wildman–Crippen LogP) is 1.71. The van der Waals surface area contributed by atoms with Crippen molar-refractivity contribution in [3.05, 3.63) is 29.8 Å². The molecule has 0 aromatic heterocycles. The highest BCUT2D eigenvalue weighted by molar-refractivity contribution is 5.27. The molecule has 0 aliphatic heterocycles. The smallest absolute Gasteiger partial charge is 0.118 e. The first-order valence-electron chi connectivity index (χ1n) is 6.41. The Kier molecular flexibility index (Phi) is 4.40. The highest BCUT2D eigenvalue weighted by Crippen LogP contribution is 2.17. The molecule has 94 valence electrons. The van der Waals surface area contributed by atoms with E-state index in [1.54, 1.807) is 7.11 Å². The number of rotatable bonds is 5. The minimum absolute atomic E-state index is 0.353. The number of methoxy groups -OCH3 is 1. The minimum Gasteiger partial charge on any atom is -0.497 e.